The summed E-state index contributed by atoms with van der Waals surface area (Å²) in [5.41, 5.74) is 0.627. The Morgan fingerprint density at radius 1 is 1.25 bits per heavy atom. The van der Waals surface area contributed by atoms with Gasteiger partial charge in [-0.2, -0.15) is 13.2 Å². The molecule has 1 heterocycles. The quantitative estimate of drug-likeness (QED) is 0.843. The normalized spacial score (nSPS) is 13.1. The van der Waals surface area contributed by atoms with E-state index in [-0.39, 0.29) is 10.5 Å². The zero-order valence-corrected chi connectivity index (χ0v) is 12.2. The van der Waals surface area contributed by atoms with Gasteiger partial charge >= 0.3 is 6.18 Å². The number of rotatable bonds is 3. The highest BCUT2D eigenvalue weighted by molar-refractivity contribution is 9.10. The van der Waals surface area contributed by atoms with Gasteiger partial charge < -0.3 is 5.32 Å². The van der Waals surface area contributed by atoms with Crippen LogP contribution < -0.4 is 5.32 Å². The van der Waals surface area contributed by atoms with E-state index in [9.17, 15) is 13.2 Å². The fraction of sp³-hybridized carbons (Fsp3) is 0.214. The number of benzene rings is 1. The van der Waals surface area contributed by atoms with Gasteiger partial charge in [-0.15, -0.1) is 0 Å². The molecule has 2 aromatic rings. The van der Waals surface area contributed by atoms with Gasteiger partial charge in [-0.05, 0) is 36.8 Å². The van der Waals surface area contributed by atoms with Crippen molar-refractivity contribution < 1.29 is 13.2 Å². The van der Waals surface area contributed by atoms with Crippen molar-refractivity contribution in [2.24, 2.45) is 0 Å². The lowest BCUT2D eigenvalue weighted by Gasteiger charge is -2.17. The van der Waals surface area contributed by atoms with Crippen molar-refractivity contribution in [3.05, 3.63) is 58.3 Å². The van der Waals surface area contributed by atoms with E-state index >= 15 is 0 Å². The van der Waals surface area contributed by atoms with Gasteiger partial charge in [0.25, 0.3) is 0 Å². The first-order chi connectivity index (χ1) is 9.38. The Bertz CT molecular complexity index is 585. The predicted octanol–water partition coefficient (Wildman–Crippen LogP) is 5.04. The average Bonchev–Trinajstić information content (AvgIpc) is 2.40. The molecule has 20 heavy (non-hydrogen) atoms. The van der Waals surface area contributed by atoms with Gasteiger partial charge in [0.05, 0.1) is 11.6 Å². The van der Waals surface area contributed by atoms with Crippen LogP contribution in [0.15, 0.2) is 47.2 Å². The first-order valence-electron chi connectivity index (χ1n) is 5.91. The molecule has 1 atom stereocenters. The van der Waals surface area contributed by atoms with Crippen LogP contribution >= 0.6 is 15.9 Å². The van der Waals surface area contributed by atoms with E-state index in [2.05, 4.69) is 26.2 Å². The third-order valence-corrected chi connectivity index (χ3v) is 3.53. The second-order valence-electron chi connectivity index (χ2n) is 4.34. The molecule has 0 aliphatic carbocycles. The van der Waals surface area contributed by atoms with Crippen LogP contribution in [-0.4, -0.2) is 4.98 Å². The number of hydrogen-bond acceptors (Lipinski definition) is 2. The summed E-state index contributed by atoms with van der Waals surface area (Å²) in [6.07, 6.45) is -1.05. The van der Waals surface area contributed by atoms with Crippen molar-refractivity contribution in [3.63, 3.8) is 0 Å². The topological polar surface area (TPSA) is 24.9 Å². The molecule has 0 radical (unpaired) electrons. The molecule has 0 saturated heterocycles. The van der Waals surface area contributed by atoms with E-state index in [0.29, 0.717) is 5.69 Å². The van der Waals surface area contributed by atoms with Gasteiger partial charge in [-0.3, -0.25) is 4.98 Å². The number of hydrogen-bond donors (Lipinski definition) is 1. The smallest absolute Gasteiger partial charge is 0.378 e. The molecule has 0 spiro atoms. The maximum Gasteiger partial charge on any atom is 0.417 e. The van der Waals surface area contributed by atoms with Crippen LogP contribution in [0.4, 0.5) is 18.9 Å². The zero-order chi connectivity index (χ0) is 14.8. The number of anilines is 1. The van der Waals surface area contributed by atoms with Gasteiger partial charge in [0.1, 0.15) is 0 Å². The van der Waals surface area contributed by atoms with Crippen LogP contribution in [-0.2, 0) is 6.18 Å². The van der Waals surface area contributed by atoms with Crippen LogP contribution in [0.1, 0.15) is 24.1 Å². The maximum absolute atomic E-state index is 12.8. The molecular weight excluding hydrogens is 333 g/mol. The Labute approximate surface area is 123 Å². The fourth-order valence-corrected chi connectivity index (χ4v) is 2.27. The van der Waals surface area contributed by atoms with Gasteiger partial charge in [0, 0.05) is 22.6 Å². The number of pyridine rings is 1. The third-order valence-electron chi connectivity index (χ3n) is 2.84. The summed E-state index contributed by atoms with van der Waals surface area (Å²) in [6.45, 7) is 1.87. The van der Waals surface area contributed by atoms with E-state index in [0.717, 1.165) is 11.6 Å². The number of aromatic nitrogens is 1. The van der Waals surface area contributed by atoms with Crippen LogP contribution in [0.3, 0.4) is 0 Å². The Morgan fingerprint density at radius 3 is 2.60 bits per heavy atom. The molecule has 0 amide bonds. The standard InChI is InChI=1S/C14H12BrF3N2/c1-9(10-3-2-6-19-8-10)20-11-4-5-13(15)12(7-11)14(16,17)18/h2-9,20H,1H3. The third kappa shape index (κ3) is 3.50. The highest BCUT2D eigenvalue weighted by atomic mass is 79.9. The SMILES string of the molecule is CC(Nc1ccc(Br)c(C(F)(F)F)c1)c1cccnc1. The fourth-order valence-electron chi connectivity index (χ4n) is 1.80. The van der Waals surface area contributed by atoms with Crippen LogP contribution in [0.25, 0.3) is 0 Å². The van der Waals surface area contributed by atoms with Gasteiger partial charge in [-0.25, -0.2) is 0 Å². The molecule has 2 rings (SSSR count). The van der Waals surface area contributed by atoms with Gasteiger partial charge in [0.2, 0.25) is 0 Å². The number of alkyl halides is 3. The van der Waals surface area contributed by atoms with Crippen molar-refractivity contribution >= 4 is 21.6 Å². The summed E-state index contributed by atoms with van der Waals surface area (Å²) < 4.78 is 38.5. The average molecular weight is 345 g/mol. The molecule has 1 unspecified atom stereocenters. The van der Waals surface area contributed by atoms with Crippen molar-refractivity contribution in [1.82, 2.24) is 4.98 Å². The van der Waals surface area contributed by atoms with E-state index in [4.69, 9.17) is 0 Å². The van der Waals surface area contributed by atoms with Crippen molar-refractivity contribution in [3.8, 4) is 0 Å². The molecule has 2 nitrogen and oxygen atoms in total. The van der Waals surface area contributed by atoms with Gasteiger partial charge in [0.15, 0.2) is 0 Å². The Hall–Kier alpha value is -1.56. The van der Waals surface area contributed by atoms with Crippen LogP contribution in [0.2, 0.25) is 0 Å². The Kier molecular flexibility index (Phi) is 4.32. The Balaban J connectivity index is 2.22. The monoisotopic (exact) mass is 344 g/mol. The largest absolute Gasteiger partial charge is 0.417 e. The summed E-state index contributed by atoms with van der Waals surface area (Å²) in [7, 11) is 0. The molecule has 1 N–H and O–H groups in total. The van der Waals surface area contributed by atoms with Crippen molar-refractivity contribution in [1.29, 1.82) is 0 Å². The minimum absolute atomic E-state index is 0.0320. The summed E-state index contributed by atoms with van der Waals surface area (Å²) in [5.74, 6) is 0. The molecular formula is C14H12BrF3N2. The number of nitrogens with zero attached hydrogens (tertiary/aromatic N) is 1. The first-order valence-corrected chi connectivity index (χ1v) is 6.70. The lowest BCUT2D eigenvalue weighted by molar-refractivity contribution is -0.138. The molecule has 0 aliphatic rings. The molecule has 6 heteroatoms. The Morgan fingerprint density at radius 2 is 2.00 bits per heavy atom. The van der Waals surface area contributed by atoms with E-state index in [1.54, 1.807) is 24.5 Å². The van der Waals surface area contributed by atoms with Crippen molar-refractivity contribution in [2.45, 2.75) is 19.1 Å². The predicted molar refractivity (Wildman–Crippen MR) is 75.4 cm³/mol. The summed E-state index contributed by atoms with van der Waals surface area (Å²) in [5, 5.41) is 3.04. The molecule has 0 fully saturated rings. The zero-order valence-electron chi connectivity index (χ0n) is 10.6. The van der Waals surface area contributed by atoms with Crippen LogP contribution in [0.5, 0.6) is 0 Å². The number of halogens is 4. The van der Waals surface area contributed by atoms with Crippen LogP contribution in [0, 0.1) is 0 Å². The summed E-state index contributed by atoms with van der Waals surface area (Å²) in [6, 6.07) is 7.61. The number of nitrogens with one attached hydrogen (secondary N) is 1. The second-order valence-corrected chi connectivity index (χ2v) is 5.20. The molecule has 0 bridgehead atoms. The summed E-state index contributed by atoms with van der Waals surface area (Å²) >= 11 is 2.92. The molecule has 1 aromatic heterocycles. The molecule has 0 saturated carbocycles. The lowest BCUT2D eigenvalue weighted by atomic mass is 10.1. The molecule has 1 aromatic carbocycles. The maximum atomic E-state index is 12.8. The van der Waals surface area contributed by atoms with E-state index < -0.39 is 11.7 Å². The molecule has 0 aliphatic heterocycles. The van der Waals surface area contributed by atoms with E-state index in [1.165, 1.54) is 6.07 Å². The van der Waals surface area contributed by atoms with Gasteiger partial charge in [-0.1, -0.05) is 22.0 Å². The lowest BCUT2D eigenvalue weighted by Crippen LogP contribution is -2.10. The second kappa shape index (κ2) is 5.83. The van der Waals surface area contributed by atoms with E-state index in [1.807, 2.05) is 13.0 Å². The minimum atomic E-state index is -4.38. The minimum Gasteiger partial charge on any atom is -0.378 e. The van der Waals surface area contributed by atoms with Crippen molar-refractivity contribution in [2.75, 3.05) is 5.32 Å². The first kappa shape index (κ1) is 14.8. The molecule has 106 valence electrons. The highest BCUT2D eigenvalue weighted by Crippen LogP contribution is 2.36. The summed E-state index contributed by atoms with van der Waals surface area (Å²) in [4.78, 5) is 3.99. The highest BCUT2D eigenvalue weighted by Gasteiger charge is 2.33.